The molecule has 1 N–H and O–H groups in total. The van der Waals surface area contributed by atoms with E-state index < -0.39 is 0 Å². The maximum Gasteiger partial charge on any atom is 0.133 e. The summed E-state index contributed by atoms with van der Waals surface area (Å²) in [5.74, 6) is 0.903. The first-order valence-electron chi connectivity index (χ1n) is 6.69. The highest BCUT2D eigenvalue weighted by atomic mass is 79.9. The third kappa shape index (κ3) is 5.87. The third-order valence-electron chi connectivity index (χ3n) is 2.91. The molecule has 0 aliphatic carbocycles. The molecule has 0 aliphatic rings. The quantitative estimate of drug-likeness (QED) is 0.727. The molecule has 1 rings (SSSR count). The van der Waals surface area contributed by atoms with E-state index in [1.807, 2.05) is 6.07 Å². The molecule has 0 radical (unpaired) electrons. The normalized spacial score (nSPS) is 10.9. The van der Waals surface area contributed by atoms with Crippen LogP contribution in [-0.2, 0) is 6.42 Å². The predicted octanol–water partition coefficient (Wildman–Crippen LogP) is 4.17. The molecule has 0 atom stereocenters. The van der Waals surface area contributed by atoms with Gasteiger partial charge in [0.25, 0.3) is 0 Å². The number of rotatable bonds is 8. The zero-order valence-electron chi connectivity index (χ0n) is 11.6. The van der Waals surface area contributed by atoms with Crippen molar-refractivity contribution in [2.75, 3.05) is 13.7 Å². The smallest absolute Gasteiger partial charge is 0.133 e. The first-order chi connectivity index (χ1) is 8.63. The van der Waals surface area contributed by atoms with Crippen LogP contribution in [0.2, 0.25) is 0 Å². The summed E-state index contributed by atoms with van der Waals surface area (Å²) >= 11 is 3.52. The Morgan fingerprint density at radius 3 is 2.61 bits per heavy atom. The average molecular weight is 314 g/mol. The van der Waals surface area contributed by atoms with Crippen molar-refractivity contribution in [3.05, 3.63) is 28.2 Å². The predicted molar refractivity (Wildman–Crippen MR) is 81.4 cm³/mol. The fourth-order valence-electron chi connectivity index (χ4n) is 1.89. The minimum atomic E-state index is 0.600. The number of hydrogen-bond acceptors (Lipinski definition) is 2. The van der Waals surface area contributed by atoms with Crippen molar-refractivity contribution in [2.24, 2.45) is 0 Å². The van der Waals surface area contributed by atoms with Crippen LogP contribution in [-0.4, -0.2) is 19.7 Å². The number of hydrogen-bond donors (Lipinski definition) is 1. The lowest BCUT2D eigenvalue weighted by Gasteiger charge is -2.08. The Bertz CT molecular complexity index is 352. The molecule has 18 heavy (non-hydrogen) atoms. The van der Waals surface area contributed by atoms with Gasteiger partial charge in [-0.3, -0.25) is 0 Å². The third-order valence-corrected chi connectivity index (χ3v) is 3.53. The Morgan fingerprint density at radius 1 is 1.22 bits per heavy atom. The Morgan fingerprint density at radius 2 is 2.00 bits per heavy atom. The first kappa shape index (κ1) is 15.5. The fraction of sp³-hybridized carbons (Fsp3) is 0.600. The highest BCUT2D eigenvalue weighted by Crippen LogP contribution is 2.26. The van der Waals surface area contributed by atoms with Gasteiger partial charge < -0.3 is 10.1 Å². The Balaban J connectivity index is 2.21. The summed E-state index contributed by atoms with van der Waals surface area (Å²) in [6.07, 6.45) is 4.93. The zero-order valence-corrected chi connectivity index (χ0v) is 13.2. The lowest BCUT2D eigenvalue weighted by Crippen LogP contribution is -2.23. The van der Waals surface area contributed by atoms with Crippen LogP contribution >= 0.6 is 15.9 Å². The van der Waals surface area contributed by atoms with Gasteiger partial charge in [0.05, 0.1) is 11.6 Å². The van der Waals surface area contributed by atoms with Crippen molar-refractivity contribution in [3.63, 3.8) is 0 Å². The molecule has 0 unspecified atom stereocenters. The van der Waals surface area contributed by atoms with Gasteiger partial charge in [-0.2, -0.15) is 0 Å². The Labute approximate surface area is 119 Å². The minimum absolute atomic E-state index is 0.600. The number of aryl methyl sites for hydroxylation is 1. The van der Waals surface area contributed by atoms with E-state index in [9.17, 15) is 0 Å². The summed E-state index contributed by atoms with van der Waals surface area (Å²) in [6.45, 7) is 5.51. The maximum absolute atomic E-state index is 5.22. The number of methoxy groups -OCH3 is 1. The zero-order chi connectivity index (χ0) is 13.4. The Kier molecular flexibility index (Phi) is 7.36. The number of unbranched alkanes of at least 4 members (excludes halogenated alkanes) is 2. The molecule has 0 heterocycles. The summed E-state index contributed by atoms with van der Waals surface area (Å²) in [7, 11) is 1.70. The molecule has 0 bridgehead atoms. The van der Waals surface area contributed by atoms with Crippen LogP contribution < -0.4 is 10.1 Å². The van der Waals surface area contributed by atoms with Crippen LogP contribution in [0.15, 0.2) is 22.7 Å². The summed E-state index contributed by atoms with van der Waals surface area (Å²) in [5.41, 5.74) is 1.37. The van der Waals surface area contributed by atoms with E-state index in [1.54, 1.807) is 7.11 Å². The molecule has 0 saturated carbocycles. The molecule has 102 valence electrons. The van der Waals surface area contributed by atoms with Gasteiger partial charge in [-0.15, -0.1) is 0 Å². The highest BCUT2D eigenvalue weighted by molar-refractivity contribution is 9.10. The monoisotopic (exact) mass is 313 g/mol. The van der Waals surface area contributed by atoms with E-state index in [0.29, 0.717) is 6.04 Å². The van der Waals surface area contributed by atoms with Crippen molar-refractivity contribution in [1.82, 2.24) is 5.32 Å². The summed E-state index contributed by atoms with van der Waals surface area (Å²) in [5, 5.41) is 3.44. The molecule has 0 saturated heterocycles. The van der Waals surface area contributed by atoms with Gasteiger partial charge in [0.1, 0.15) is 5.75 Å². The van der Waals surface area contributed by atoms with E-state index in [2.05, 4.69) is 47.2 Å². The molecular formula is C15H24BrNO. The minimum Gasteiger partial charge on any atom is -0.496 e. The number of nitrogens with one attached hydrogen (secondary N) is 1. The van der Waals surface area contributed by atoms with E-state index in [4.69, 9.17) is 4.74 Å². The maximum atomic E-state index is 5.22. The highest BCUT2D eigenvalue weighted by Gasteiger charge is 2.01. The topological polar surface area (TPSA) is 21.3 Å². The summed E-state index contributed by atoms with van der Waals surface area (Å²) < 4.78 is 6.27. The van der Waals surface area contributed by atoms with Crippen molar-refractivity contribution < 1.29 is 4.74 Å². The van der Waals surface area contributed by atoms with Crippen LogP contribution in [0.25, 0.3) is 0 Å². The van der Waals surface area contributed by atoms with Gasteiger partial charge in [0.2, 0.25) is 0 Å². The van der Waals surface area contributed by atoms with Crippen LogP contribution in [0.3, 0.4) is 0 Å². The van der Waals surface area contributed by atoms with Gasteiger partial charge in [0, 0.05) is 6.04 Å². The van der Waals surface area contributed by atoms with Crippen molar-refractivity contribution in [3.8, 4) is 5.75 Å². The second-order valence-corrected chi connectivity index (χ2v) is 5.74. The Hall–Kier alpha value is -0.540. The van der Waals surface area contributed by atoms with Crippen molar-refractivity contribution in [2.45, 2.75) is 45.6 Å². The van der Waals surface area contributed by atoms with Crippen LogP contribution in [0, 0.1) is 0 Å². The van der Waals surface area contributed by atoms with E-state index in [1.165, 1.54) is 24.8 Å². The van der Waals surface area contributed by atoms with Crippen molar-refractivity contribution in [1.29, 1.82) is 0 Å². The molecule has 3 heteroatoms. The van der Waals surface area contributed by atoms with E-state index >= 15 is 0 Å². The second kappa shape index (κ2) is 8.54. The number of benzene rings is 1. The molecule has 1 aromatic carbocycles. The molecular weight excluding hydrogens is 290 g/mol. The first-order valence-corrected chi connectivity index (χ1v) is 7.48. The lowest BCUT2D eigenvalue weighted by atomic mass is 10.1. The van der Waals surface area contributed by atoms with Gasteiger partial charge in [-0.1, -0.05) is 26.3 Å². The number of ether oxygens (including phenoxy) is 1. The average Bonchev–Trinajstić information content (AvgIpc) is 2.33. The van der Waals surface area contributed by atoms with Crippen LogP contribution in [0.1, 0.15) is 38.7 Å². The van der Waals surface area contributed by atoms with Gasteiger partial charge in [0.15, 0.2) is 0 Å². The molecule has 2 nitrogen and oxygen atoms in total. The molecule has 0 amide bonds. The van der Waals surface area contributed by atoms with Gasteiger partial charge in [-0.25, -0.2) is 0 Å². The largest absolute Gasteiger partial charge is 0.496 e. The molecule has 1 aromatic rings. The standard InChI is InChI=1S/C15H24BrNO/c1-12(2)17-10-6-4-5-7-13-8-9-15(18-3)14(16)11-13/h8-9,11-12,17H,4-7,10H2,1-3H3. The van der Waals surface area contributed by atoms with Crippen LogP contribution in [0.4, 0.5) is 0 Å². The summed E-state index contributed by atoms with van der Waals surface area (Å²) in [6, 6.07) is 6.93. The van der Waals surface area contributed by atoms with E-state index in [-0.39, 0.29) is 0 Å². The fourth-order valence-corrected chi connectivity index (χ4v) is 2.48. The van der Waals surface area contributed by atoms with Crippen molar-refractivity contribution >= 4 is 15.9 Å². The second-order valence-electron chi connectivity index (χ2n) is 4.89. The van der Waals surface area contributed by atoms with Crippen LogP contribution in [0.5, 0.6) is 5.75 Å². The number of halogens is 1. The molecule has 0 spiro atoms. The van der Waals surface area contributed by atoms with Gasteiger partial charge >= 0.3 is 0 Å². The lowest BCUT2D eigenvalue weighted by molar-refractivity contribution is 0.412. The molecule has 0 fully saturated rings. The van der Waals surface area contributed by atoms with E-state index in [0.717, 1.165) is 23.2 Å². The molecule has 0 aromatic heterocycles. The SMILES string of the molecule is COc1ccc(CCCCCNC(C)C)cc1Br. The van der Waals surface area contributed by atoms with Gasteiger partial charge in [-0.05, 0) is 59.4 Å². The molecule has 0 aliphatic heterocycles. The summed E-state index contributed by atoms with van der Waals surface area (Å²) in [4.78, 5) is 0.